The van der Waals surface area contributed by atoms with Gasteiger partial charge in [0.2, 0.25) is 0 Å². The molecule has 0 bridgehead atoms. The Balaban J connectivity index is 1.98. The van der Waals surface area contributed by atoms with Crippen molar-refractivity contribution in [3.05, 3.63) is 71.3 Å². The highest BCUT2D eigenvalue weighted by Crippen LogP contribution is 2.48. The minimum Gasteiger partial charge on any atom is -0.384 e. The van der Waals surface area contributed by atoms with Crippen molar-refractivity contribution in [3.63, 3.8) is 0 Å². The van der Waals surface area contributed by atoms with Gasteiger partial charge in [0, 0.05) is 12.5 Å². The summed E-state index contributed by atoms with van der Waals surface area (Å²) >= 11 is 0. The predicted octanol–water partition coefficient (Wildman–Crippen LogP) is 2.09. The molecule has 1 atom stereocenters. The quantitative estimate of drug-likeness (QED) is 0.858. The van der Waals surface area contributed by atoms with Crippen molar-refractivity contribution in [1.82, 2.24) is 0 Å². The van der Waals surface area contributed by atoms with E-state index in [1.165, 1.54) is 5.56 Å². The third-order valence-corrected chi connectivity index (χ3v) is 4.74. The van der Waals surface area contributed by atoms with Crippen LogP contribution in [-0.2, 0) is 20.5 Å². The van der Waals surface area contributed by atoms with Gasteiger partial charge < -0.3 is 15.6 Å². The average Bonchev–Trinajstić information content (AvgIpc) is 3.36. The lowest BCUT2D eigenvalue weighted by Gasteiger charge is -2.26. The number of benzene rings is 2. The van der Waals surface area contributed by atoms with Crippen LogP contribution in [0.15, 0.2) is 54.6 Å². The molecule has 120 valence electrons. The zero-order valence-electron chi connectivity index (χ0n) is 13.2. The maximum absolute atomic E-state index is 12.0. The molecular formula is C19H21NO3. The van der Waals surface area contributed by atoms with Gasteiger partial charge in [-0.1, -0.05) is 54.6 Å². The van der Waals surface area contributed by atoms with Crippen molar-refractivity contribution < 1.29 is 14.6 Å². The van der Waals surface area contributed by atoms with Crippen LogP contribution in [0.2, 0.25) is 0 Å². The first kappa shape index (κ1) is 15.7. The highest BCUT2D eigenvalue weighted by atomic mass is 16.5. The molecule has 4 nitrogen and oxygen atoms in total. The molecule has 0 aliphatic heterocycles. The van der Waals surface area contributed by atoms with Crippen molar-refractivity contribution in [2.24, 2.45) is 5.73 Å². The number of methoxy groups -OCH3 is 1. The fourth-order valence-electron chi connectivity index (χ4n) is 3.14. The summed E-state index contributed by atoms with van der Waals surface area (Å²) in [4.78, 5) is 12.0. The molecule has 3 rings (SSSR count). The highest BCUT2D eigenvalue weighted by Gasteiger charge is 2.45. The van der Waals surface area contributed by atoms with Gasteiger partial charge in [0.25, 0.3) is 5.91 Å². The lowest BCUT2D eigenvalue weighted by molar-refractivity contribution is -0.133. The molecule has 1 saturated carbocycles. The first-order valence-electron chi connectivity index (χ1n) is 7.71. The van der Waals surface area contributed by atoms with Crippen molar-refractivity contribution in [3.8, 4) is 0 Å². The smallest absolute Gasteiger partial charge is 0.258 e. The van der Waals surface area contributed by atoms with E-state index in [2.05, 4.69) is 0 Å². The Labute approximate surface area is 135 Å². The summed E-state index contributed by atoms with van der Waals surface area (Å²) in [6.07, 6.45) is 2.19. The molecule has 0 saturated heterocycles. The van der Waals surface area contributed by atoms with E-state index in [0.717, 1.165) is 12.8 Å². The van der Waals surface area contributed by atoms with Crippen molar-refractivity contribution >= 4 is 5.91 Å². The Morgan fingerprint density at radius 1 is 1.13 bits per heavy atom. The van der Waals surface area contributed by atoms with Crippen LogP contribution in [-0.4, -0.2) is 24.7 Å². The second-order valence-electron chi connectivity index (χ2n) is 6.23. The second kappa shape index (κ2) is 5.80. The molecule has 1 fully saturated rings. The zero-order chi connectivity index (χ0) is 16.5. The molecule has 3 N–H and O–H groups in total. The van der Waals surface area contributed by atoms with E-state index in [-0.39, 0.29) is 5.41 Å². The molecule has 4 heteroatoms. The molecule has 1 unspecified atom stereocenters. The van der Waals surface area contributed by atoms with Crippen LogP contribution >= 0.6 is 0 Å². The number of nitrogens with two attached hydrogens (primary N) is 1. The summed E-state index contributed by atoms with van der Waals surface area (Å²) < 4.78 is 5.31. The standard InChI is InChI=1S/C19H21NO3/c1-23-13-18(11-12-18)14-7-9-16(10-8-14)19(22,17(20)21)15-5-3-2-4-6-15/h2-10,22H,11-13H2,1H3,(H2,20,21). The number of ether oxygens (including phenoxy) is 1. The Bertz CT molecular complexity index is 692. The Morgan fingerprint density at radius 3 is 2.17 bits per heavy atom. The predicted molar refractivity (Wildman–Crippen MR) is 87.9 cm³/mol. The Hall–Kier alpha value is -2.17. The molecule has 0 heterocycles. The average molecular weight is 311 g/mol. The number of amides is 1. The van der Waals surface area contributed by atoms with Gasteiger partial charge in [-0.15, -0.1) is 0 Å². The first-order chi connectivity index (χ1) is 11.0. The normalized spacial score (nSPS) is 18.2. The molecule has 1 aliphatic carbocycles. The van der Waals surface area contributed by atoms with Gasteiger partial charge in [-0.25, -0.2) is 0 Å². The molecule has 0 aromatic heterocycles. The van der Waals surface area contributed by atoms with Gasteiger partial charge in [0.15, 0.2) is 5.60 Å². The molecule has 1 aliphatic rings. The van der Waals surface area contributed by atoms with Gasteiger partial charge in [-0.05, 0) is 29.5 Å². The molecular weight excluding hydrogens is 290 g/mol. The number of aliphatic hydroxyl groups is 1. The minimum absolute atomic E-state index is 0.0882. The van der Waals surface area contributed by atoms with E-state index in [1.54, 1.807) is 43.5 Å². The fourth-order valence-corrected chi connectivity index (χ4v) is 3.14. The summed E-state index contributed by atoms with van der Waals surface area (Å²) in [6.45, 7) is 0.686. The van der Waals surface area contributed by atoms with Crippen LogP contribution < -0.4 is 5.73 Å². The van der Waals surface area contributed by atoms with Crippen molar-refractivity contribution in [1.29, 1.82) is 0 Å². The maximum Gasteiger partial charge on any atom is 0.258 e. The SMILES string of the molecule is COCC1(c2ccc(C(O)(C(N)=O)c3ccccc3)cc2)CC1. The van der Waals surface area contributed by atoms with Gasteiger partial charge >= 0.3 is 0 Å². The van der Waals surface area contributed by atoms with Gasteiger partial charge in [-0.3, -0.25) is 4.79 Å². The summed E-state index contributed by atoms with van der Waals surface area (Å²) in [5, 5.41) is 10.9. The fraction of sp³-hybridized carbons (Fsp3) is 0.316. The lowest BCUT2D eigenvalue weighted by Crippen LogP contribution is -2.42. The lowest BCUT2D eigenvalue weighted by atomic mass is 9.84. The van der Waals surface area contributed by atoms with E-state index >= 15 is 0 Å². The number of rotatable bonds is 6. The monoisotopic (exact) mass is 311 g/mol. The van der Waals surface area contributed by atoms with E-state index < -0.39 is 11.5 Å². The van der Waals surface area contributed by atoms with Gasteiger partial charge in [-0.2, -0.15) is 0 Å². The Morgan fingerprint density at radius 2 is 1.70 bits per heavy atom. The van der Waals surface area contributed by atoms with Crippen LogP contribution in [0, 0.1) is 0 Å². The topological polar surface area (TPSA) is 72.6 Å². The van der Waals surface area contributed by atoms with Crippen LogP contribution in [0.1, 0.15) is 29.5 Å². The number of hydrogen-bond donors (Lipinski definition) is 2. The van der Waals surface area contributed by atoms with Crippen LogP contribution in [0.5, 0.6) is 0 Å². The molecule has 2 aromatic carbocycles. The van der Waals surface area contributed by atoms with Crippen LogP contribution in [0.4, 0.5) is 0 Å². The number of hydrogen-bond acceptors (Lipinski definition) is 3. The third kappa shape index (κ3) is 2.64. The van der Waals surface area contributed by atoms with Crippen LogP contribution in [0.3, 0.4) is 0 Å². The van der Waals surface area contributed by atoms with Crippen molar-refractivity contribution in [2.45, 2.75) is 23.9 Å². The molecule has 2 aromatic rings. The zero-order valence-corrected chi connectivity index (χ0v) is 13.2. The third-order valence-electron chi connectivity index (χ3n) is 4.74. The molecule has 0 radical (unpaired) electrons. The Kier molecular flexibility index (Phi) is 3.96. The highest BCUT2D eigenvalue weighted by molar-refractivity contribution is 5.88. The van der Waals surface area contributed by atoms with Crippen LogP contribution in [0.25, 0.3) is 0 Å². The second-order valence-corrected chi connectivity index (χ2v) is 6.23. The molecule has 23 heavy (non-hydrogen) atoms. The summed E-state index contributed by atoms with van der Waals surface area (Å²) in [7, 11) is 1.70. The summed E-state index contributed by atoms with van der Waals surface area (Å²) in [6, 6.07) is 16.3. The van der Waals surface area contributed by atoms with E-state index in [4.69, 9.17) is 10.5 Å². The number of primary amides is 1. The number of carbonyl (C=O) groups excluding carboxylic acids is 1. The molecule has 1 amide bonds. The van der Waals surface area contributed by atoms with E-state index in [9.17, 15) is 9.90 Å². The maximum atomic E-state index is 12.0. The first-order valence-corrected chi connectivity index (χ1v) is 7.71. The summed E-state index contributed by atoms with van der Waals surface area (Å²) in [5.74, 6) is -0.783. The summed E-state index contributed by atoms with van der Waals surface area (Å²) in [5.41, 5.74) is 5.90. The van der Waals surface area contributed by atoms with Crippen molar-refractivity contribution in [2.75, 3.05) is 13.7 Å². The largest absolute Gasteiger partial charge is 0.384 e. The van der Waals surface area contributed by atoms with E-state index in [0.29, 0.717) is 17.7 Å². The minimum atomic E-state index is -1.82. The number of carbonyl (C=O) groups is 1. The van der Waals surface area contributed by atoms with Gasteiger partial charge in [0.1, 0.15) is 0 Å². The van der Waals surface area contributed by atoms with E-state index in [1.807, 2.05) is 18.2 Å². The molecule has 0 spiro atoms. The van der Waals surface area contributed by atoms with Gasteiger partial charge in [0.05, 0.1) is 6.61 Å².